The van der Waals surface area contributed by atoms with E-state index < -0.39 is 4.92 Å². The lowest BCUT2D eigenvalue weighted by Crippen LogP contribution is -1.98. The molecule has 0 aliphatic carbocycles. The molecule has 0 unspecified atom stereocenters. The summed E-state index contributed by atoms with van der Waals surface area (Å²) in [5, 5.41) is 10.7. The van der Waals surface area contributed by atoms with Gasteiger partial charge in [-0.25, -0.2) is 0 Å². The van der Waals surface area contributed by atoms with Gasteiger partial charge in [0.25, 0.3) is 5.69 Å². The minimum absolute atomic E-state index is 0.0272. The van der Waals surface area contributed by atoms with Gasteiger partial charge in [-0.05, 0) is 53.6 Å². The zero-order valence-electron chi connectivity index (χ0n) is 16.0. The lowest BCUT2D eigenvalue weighted by atomic mass is 10.1. The molecule has 3 aromatic rings. The number of carbonyl (C=O) groups excluding carboxylic acids is 1. The maximum Gasteiger partial charge on any atom is 0.269 e. The second kappa shape index (κ2) is 8.08. The van der Waals surface area contributed by atoms with E-state index in [-0.39, 0.29) is 23.8 Å². The third-order valence-electron chi connectivity index (χ3n) is 4.61. The predicted octanol–water partition coefficient (Wildman–Crippen LogP) is 4.80. The Bertz CT molecular complexity index is 1130. The van der Waals surface area contributed by atoms with Crippen molar-refractivity contribution >= 4 is 17.5 Å². The van der Waals surface area contributed by atoms with Gasteiger partial charge >= 0.3 is 0 Å². The van der Waals surface area contributed by atoms with Crippen molar-refractivity contribution in [2.24, 2.45) is 0 Å². The van der Waals surface area contributed by atoms with Gasteiger partial charge in [-0.15, -0.1) is 0 Å². The molecule has 0 atom stereocenters. The number of fused-ring (bicyclic) bond motifs is 1. The van der Waals surface area contributed by atoms with Crippen LogP contribution in [0.2, 0.25) is 0 Å². The molecule has 0 amide bonds. The molecule has 0 spiro atoms. The Hall–Kier alpha value is -4.13. The van der Waals surface area contributed by atoms with Gasteiger partial charge in [-0.3, -0.25) is 14.9 Å². The van der Waals surface area contributed by atoms with E-state index in [1.165, 1.54) is 12.1 Å². The topological polar surface area (TPSA) is 87.9 Å². The molecular weight excluding hydrogens is 386 g/mol. The second-order valence-corrected chi connectivity index (χ2v) is 6.58. The number of nitro groups is 1. The minimum Gasteiger partial charge on any atom is -0.497 e. The molecule has 1 aliphatic heterocycles. The van der Waals surface area contributed by atoms with Gasteiger partial charge in [0.2, 0.25) is 5.78 Å². The van der Waals surface area contributed by atoms with Crippen LogP contribution in [0.1, 0.15) is 21.5 Å². The average molecular weight is 403 g/mol. The van der Waals surface area contributed by atoms with Gasteiger partial charge in [-0.2, -0.15) is 0 Å². The van der Waals surface area contributed by atoms with Crippen LogP contribution in [-0.2, 0) is 6.61 Å². The zero-order valence-corrected chi connectivity index (χ0v) is 16.0. The first-order valence-corrected chi connectivity index (χ1v) is 9.12. The van der Waals surface area contributed by atoms with E-state index in [0.717, 1.165) is 16.9 Å². The minimum atomic E-state index is -0.448. The number of ketones is 1. The summed E-state index contributed by atoms with van der Waals surface area (Å²) in [7, 11) is 1.59. The zero-order chi connectivity index (χ0) is 21.1. The molecule has 30 heavy (non-hydrogen) atoms. The van der Waals surface area contributed by atoms with Crippen LogP contribution in [0, 0.1) is 10.1 Å². The first kappa shape index (κ1) is 19.2. The van der Waals surface area contributed by atoms with Gasteiger partial charge in [0.15, 0.2) is 5.76 Å². The Morgan fingerprint density at radius 3 is 2.37 bits per heavy atom. The highest BCUT2D eigenvalue weighted by molar-refractivity contribution is 6.14. The Morgan fingerprint density at radius 2 is 1.70 bits per heavy atom. The standard InChI is InChI=1S/C23H17NO6/c1-28-18-8-4-15(5-9-18)12-22-23(25)20-11-10-19(13-21(20)30-22)29-14-16-2-6-17(7-3-16)24(26)27/h2-13H,14H2,1H3. The van der Waals surface area contributed by atoms with Crippen LogP contribution in [0.15, 0.2) is 72.5 Å². The van der Waals surface area contributed by atoms with Crippen LogP contribution >= 0.6 is 0 Å². The number of hydrogen-bond acceptors (Lipinski definition) is 6. The van der Waals surface area contributed by atoms with Crippen molar-refractivity contribution in [3.05, 3.63) is 99.3 Å². The summed E-state index contributed by atoms with van der Waals surface area (Å²) < 4.78 is 16.6. The van der Waals surface area contributed by atoms with E-state index in [2.05, 4.69) is 0 Å². The molecule has 7 nitrogen and oxygen atoms in total. The van der Waals surface area contributed by atoms with Crippen LogP contribution < -0.4 is 14.2 Å². The quantitative estimate of drug-likeness (QED) is 0.334. The Balaban J connectivity index is 1.46. The van der Waals surface area contributed by atoms with E-state index >= 15 is 0 Å². The maximum absolute atomic E-state index is 12.6. The molecule has 0 N–H and O–H groups in total. The van der Waals surface area contributed by atoms with Crippen molar-refractivity contribution in [1.29, 1.82) is 0 Å². The number of hydrogen-bond donors (Lipinski definition) is 0. The fourth-order valence-corrected chi connectivity index (χ4v) is 2.99. The monoisotopic (exact) mass is 403 g/mol. The van der Waals surface area contributed by atoms with Crippen LogP contribution in [0.25, 0.3) is 6.08 Å². The first-order chi connectivity index (χ1) is 14.5. The predicted molar refractivity (Wildman–Crippen MR) is 110 cm³/mol. The smallest absolute Gasteiger partial charge is 0.269 e. The molecule has 0 aromatic heterocycles. The number of Topliss-reactive ketones (excluding diaryl/α,β-unsaturated/α-hetero) is 1. The van der Waals surface area contributed by atoms with Gasteiger partial charge in [0, 0.05) is 18.2 Å². The van der Waals surface area contributed by atoms with Gasteiger partial charge in [0.05, 0.1) is 17.6 Å². The van der Waals surface area contributed by atoms with E-state index in [1.807, 2.05) is 24.3 Å². The molecule has 0 fully saturated rings. The Kier molecular flexibility index (Phi) is 5.17. The van der Waals surface area contributed by atoms with Gasteiger partial charge < -0.3 is 14.2 Å². The number of methoxy groups -OCH3 is 1. The van der Waals surface area contributed by atoms with Crippen molar-refractivity contribution in [3.8, 4) is 17.2 Å². The van der Waals surface area contributed by atoms with E-state index in [0.29, 0.717) is 17.1 Å². The molecule has 150 valence electrons. The molecule has 7 heteroatoms. The maximum atomic E-state index is 12.6. The molecule has 3 aromatic carbocycles. The van der Waals surface area contributed by atoms with Crippen molar-refractivity contribution in [1.82, 2.24) is 0 Å². The fourth-order valence-electron chi connectivity index (χ4n) is 2.99. The lowest BCUT2D eigenvalue weighted by molar-refractivity contribution is -0.384. The van der Waals surface area contributed by atoms with Crippen molar-refractivity contribution in [3.63, 3.8) is 0 Å². The SMILES string of the molecule is COc1ccc(C=C2Oc3cc(OCc4ccc([N+](=O)[O-])cc4)ccc3C2=O)cc1. The van der Waals surface area contributed by atoms with Crippen LogP contribution in [0.4, 0.5) is 5.69 Å². The highest BCUT2D eigenvalue weighted by Gasteiger charge is 2.27. The highest BCUT2D eigenvalue weighted by Crippen LogP contribution is 2.35. The molecule has 1 heterocycles. The van der Waals surface area contributed by atoms with Crippen LogP contribution in [0.3, 0.4) is 0 Å². The van der Waals surface area contributed by atoms with Gasteiger partial charge in [0.1, 0.15) is 23.9 Å². The van der Waals surface area contributed by atoms with E-state index in [4.69, 9.17) is 14.2 Å². The summed E-state index contributed by atoms with van der Waals surface area (Å²) >= 11 is 0. The number of nitrogens with zero attached hydrogens (tertiary/aromatic N) is 1. The largest absolute Gasteiger partial charge is 0.497 e. The van der Waals surface area contributed by atoms with Crippen LogP contribution in [0.5, 0.6) is 17.2 Å². The summed E-state index contributed by atoms with van der Waals surface area (Å²) in [5.74, 6) is 1.74. The normalized spacial score (nSPS) is 13.6. The van der Waals surface area contributed by atoms with E-state index in [9.17, 15) is 14.9 Å². The third-order valence-corrected chi connectivity index (χ3v) is 4.61. The number of nitro benzene ring substituents is 1. The van der Waals surface area contributed by atoms with Gasteiger partial charge in [-0.1, -0.05) is 12.1 Å². The molecule has 0 bridgehead atoms. The molecule has 0 saturated carbocycles. The number of non-ortho nitro benzene ring substituents is 1. The second-order valence-electron chi connectivity index (χ2n) is 6.58. The first-order valence-electron chi connectivity index (χ1n) is 9.12. The molecule has 4 rings (SSSR count). The third kappa shape index (κ3) is 4.00. The summed E-state index contributed by atoms with van der Waals surface area (Å²) in [6.45, 7) is 0.235. The summed E-state index contributed by atoms with van der Waals surface area (Å²) in [5.41, 5.74) is 2.11. The summed E-state index contributed by atoms with van der Waals surface area (Å²) in [4.78, 5) is 22.9. The van der Waals surface area contributed by atoms with Crippen LogP contribution in [-0.4, -0.2) is 17.8 Å². The Labute approximate surface area is 172 Å². The van der Waals surface area contributed by atoms with E-state index in [1.54, 1.807) is 43.5 Å². The number of carbonyl (C=O) groups is 1. The Morgan fingerprint density at radius 1 is 1.00 bits per heavy atom. The fraction of sp³-hybridized carbons (Fsp3) is 0.0870. The molecule has 1 aliphatic rings. The number of ether oxygens (including phenoxy) is 3. The molecule has 0 saturated heterocycles. The van der Waals surface area contributed by atoms with Crippen molar-refractivity contribution < 1.29 is 23.9 Å². The molecule has 0 radical (unpaired) electrons. The number of allylic oxidation sites excluding steroid dienone is 1. The highest BCUT2D eigenvalue weighted by atomic mass is 16.6. The summed E-state index contributed by atoms with van der Waals surface area (Å²) in [6.07, 6.45) is 1.68. The lowest BCUT2D eigenvalue weighted by Gasteiger charge is -2.07. The van der Waals surface area contributed by atoms with Crippen molar-refractivity contribution in [2.45, 2.75) is 6.61 Å². The van der Waals surface area contributed by atoms with Crippen molar-refractivity contribution in [2.75, 3.05) is 7.11 Å². The number of rotatable bonds is 6. The summed E-state index contributed by atoms with van der Waals surface area (Å²) in [6, 6.07) is 18.5. The average Bonchev–Trinajstić information content (AvgIpc) is 3.07. The number of benzene rings is 3. The molecular formula is C23H17NO6.